The van der Waals surface area contributed by atoms with Crippen molar-refractivity contribution in [1.82, 2.24) is 10.3 Å². The molecule has 2 aliphatic rings. The summed E-state index contributed by atoms with van der Waals surface area (Å²) in [6, 6.07) is 13.6. The second-order valence-electron chi connectivity index (χ2n) is 11.3. The van der Waals surface area contributed by atoms with Crippen LogP contribution in [0.1, 0.15) is 80.0 Å². The third-order valence-electron chi connectivity index (χ3n) is 8.65. The van der Waals surface area contributed by atoms with E-state index < -0.39 is 12.7 Å². The van der Waals surface area contributed by atoms with Gasteiger partial charge in [0.05, 0.1) is 24.1 Å². The molecule has 220 valence electrons. The molecule has 5 rings (SSSR count). The number of hydrogen-bond donors (Lipinski definition) is 2. The van der Waals surface area contributed by atoms with Crippen LogP contribution in [0.25, 0.3) is 10.4 Å². The number of aliphatic hydroxyl groups is 1. The number of aryl methyl sites for hydroxylation is 1. The molecule has 2 saturated carbocycles. The van der Waals surface area contributed by atoms with Crippen LogP contribution in [-0.4, -0.2) is 35.8 Å². The molecule has 0 bridgehead atoms. The second-order valence-corrected chi connectivity index (χ2v) is 12.3. The maximum absolute atomic E-state index is 13.5. The van der Waals surface area contributed by atoms with E-state index in [0.717, 1.165) is 77.9 Å². The van der Waals surface area contributed by atoms with Gasteiger partial charge >= 0.3 is 6.61 Å². The van der Waals surface area contributed by atoms with Crippen molar-refractivity contribution in [1.29, 1.82) is 0 Å². The fourth-order valence-electron chi connectivity index (χ4n) is 6.52. The van der Waals surface area contributed by atoms with Crippen molar-refractivity contribution in [3.05, 3.63) is 65.4 Å². The number of aliphatic hydroxyl groups excluding tert-OH is 1. The van der Waals surface area contributed by atoms with Crippen LogP contribution in [0.2, 0.25) is 0 Å². The van der Waals surface area contributed by atoms with Crippen LogP contribution in [0.3, 0.4) is 0 Å². The molecule has 2 fully saturated rings. The van der Waals surface area contributed by atoms with E-state index in [2.05, 4.69) is 21.1 Å². The molecule has 2 aliphatic carbocycles. The molecule has 9 heteroatoms. The summed E-state index contributed by atoms with van der Waals surface area (Å²) in [5, 5.41) is 14.7. The largest absolute Gasteiger partial charge is 0.496 e. The van der Waals surface area contributed by atoms with Crippen LogP contribution in [0.4, 0.5) is 8.78 Å². The van der Waals surface area contributed by atoms with Crippen molar-refractivity contribution < 1.29 is 28.2 Å². The molecule has 1 amide bonds. The number of aromatic nitrogens is 1. The highest BCUT2D eigenvalue weighted by atomic mass is 32.1. The van der Waals surface area contributed by atoms with Gasteiger partial charge in [-0.2, -0.15) is 8.78 Å². The minimum absolute atomic E-state index is 0.00789. The predicted molar refractivity (Wildman–Crippen MR) is 155 cm³/mol. The van der Waals surface area contributed by atoms with E-state index in [4.69, 9.17) is 4.74 Å². The number of rotatable bonds is 9. The van der Waals surface area contributed by atoms with Gasteiger partial charge in [0.25, 0.3) is 5.19 Å². The smallest absolute Gasteiger partial charge is 0.389 e. The fraction of sp³-hybridized carbons (Fsp3) is 0.500. The maximum Gasteiger partial charge on any atom is 0.389 e. The number of alkyl halides is 2. The number of hydrogen-bond acceptors (Lipinski definition) is 6. The van der Waals surface area contributed by atoms with Gasteiger partial charge in [0, 0.05) is 18.0 Å². The number of carbonyl (C=O) groups excluding carboxylic acids is 1. The van der Waals surface area contributed by atoms with Crippen LogP contribution in [0.15, 0.2) is 48.7 Å². The predicted octanol–water partition coefficient (Wildman–Crippen LogP) is 7.41. The molecule has 6 nitrogen and oxygen atoms in total. The Labute approximate surface area is 244 Å². The third kappa shape index (κ3) is 7.07. The summed E-state index contributed by atoms with van der Waals surface area (Å²) in [7, 11) is 1.66. The third-order valence-corrected chi connectivity index (χ3v) is 9.59. The lowest BCUT2D eigenvalue weighted by atomic mass is 9.72. The summed E-state index contributed by atoms with van der Waals surface area (Å²) in [4.78, 5) is 18.2. The molecule has 0 saturated heterocycles. The zero-order chi connectivity index (χ0) is 28.9. The van der Waals surface area contributed by atoms with Crippen molar-refractivity contribution in [2.75, 3.05) is 7.11 Å². The summed E-state index contributed by atoms with van der Waals surface area (Å²) in [5.41, 5.74) is 3.90. The molecule has 41 heavy (non-hydrogen) atoms. The molecule has 0 spiro atoms. The van der Waals surface area contributed by atoms with E-state index in [9.17, 15) is 18.7 Å². The average Bonchev–Trinajstić information content (AvgIpc) is 3.44. The first-order valence-electron chi connectivity index (χ1n) is 14.5. The van der Waals surface area contributed by atoms with Crippen LogP contribution in [-0.2, 0) is 4.79 Å². The monoisotopic (exact) mass is 584 g/mol. The normalized spacial score (nSPS) is 22.3. The Morgan fingerprint density at radius 1 is 1.10 bits per heavy atom. The highest BCUT2D eigenvalue weighted by Gasteiger charge is 2.36. The van der Waals surface area contributed by atoms with E-state index in [1.807, 2.05) is 43.3 Å². The van der Waals surface area contributed by atoms with E-state index in [1.165, 1.54) is 12.6 Å². The first kappa shape index (κ1) is 29.5. The molecular formula is C32H38F2N2O4S. The fourth-order valence-corrected chi connectivity index (χ4v) is 7.28. The maximum atomic E-state index is 13.5. The van der Waals surface area contributed by atoms with Crippen molar-refractivity contribution in [2.24, 2.45) is 11.8 Å². The van der Waals surface area contributed by atoms with Gasteiger partial charge < -0.3 is 19.9 Å². The van der Waals surface area contributed by atoms with Crippen LogP contribution < -0.4 is 14.8 Å². The lowest BCUT2D eigenvalue weighted by Crippen LogP contribution is -2.41. The van der Waals surface area contributed by atoms with Gasteiger partial charge in [0.2, 0.25) is 5.91 Å². The summed E-state index contributed by atoms with van der Waals surface area (Å²) >= 11 is 1.06. The molecule has 2 aromatic carbocycles. The van der Waals surface area contributed by atoms with Gasteiger partial charge in [-0.1, -0.05) is 60.9 Å². The van der Waals surface area contributed by atoms with Gasteiger partial charge in [-0.3, -0.25) is 4.79 Å². The molecule has 4 atom stereocenters. The van der Waals surface area contributed by atoms with Crippen molar-refractivity contribution in [3.63, 3.8) is 0 Å². The zero-order valence-corrected chi connectivity index (χ0v) is 24.3. The van der Waals surface area contributed by atoms with E-state index >= 15 is 0 Å². The highest BCUT2D eigenvalue weighted by molar-refractivity contribution is 7.16. The minimum Gasteiger partial charge on any atom is -0.496 e. The van der Waals surface area contributed by atoms with E-state index in [-0.39, 0.29) is 34.9 Å². The van der Waals surface area contributed by atoms with Gasteiger partial charge in [-0.15, -0.1) is 0 Å². The van der Waals surface area contributed by atoms with Crippen LogP contribution >= 0.6 is 11.3 Å². The first-order chi connectivity index (χ1) is 19.8. The Kier molecular flexibility index (Phi) is 9.55. The lowest BCUT2D eigenvalue weighted by Gasteiger charge is -2.38. The molecule has 1 aromatic heterocycles. The SMILES string of the molecule is COc1ccc(C2CCC(C(NC(=O)C3CCCCC3)c3cccc(-c4cnc(OC(F)F)s4)c3)CC2O)cc1C. The number of nitrogens with one attached hydrogen (secondary N) is 1. The average molecular weight is 585 g/mol. The van der Waals surface area contributed by atoms with Crippen molar-refractivity contribution in [2.45, 2.75) is 83.0 Å². The molecule has 4 unspecified atom stereocenters. The van der Waals surface area contributed by atoms with Crippen LogP contribution in [0, 0.1) is 18.8 Å². The minimum atomic E-state index is -2.93. The Hall–Kier alpha value is -3.04. The number of ether oxygens (including phenoxy) is 2. The quantitative estimate of drug-likeness (QED) is 0.274. The first-order valence-corrected chi connectivity index (χ1v) is 15.3. The van der Waals surface area contributed by atoms with Crippen molar-refractivity contribution in [3.8, 4) is 21.4 Å². The molecular weight excluding hydrogens is 546 g/mol. The van der Waals surface area contributed by atoms with Gasteiger partial charge in [-0.25, -0.2) is 4.98 Å². The lowest BCUT2D eigenvalue weighted by molar-refractivity contribution is -0.127. The number of nitrogens with zero attached hydrogens (tertiary/aromatic N) is 1. The summed E-state index contributed by atoms with van der Waals surface area (Å²) in [6.45, 7) is -0.918. The zero-order valence-electron chi connectivity index (χ0n) is 23.5. The van der Waals surface area contributed by atoms with Gasteiger partial charge in [0.1, 0.15) is 5.75 Å². The molecule has 1 heterocycles. The number of methoxy groups -OCH3 is 1. The Balaban J connectivity index is 1.39. The number of thiazole rings is 1. The Morgan fingerprint density at radius 2 is 1.90 bits per heavy atom. The van der Waals surface area contributed by atoms with E-state index in [0.29, 0.717) is 11.3 Å². The Morgan fingerprint density at radius 3 is 2.61 bits per heavy atom. The number of benzene rings is 2. The highest BCUT2D eigenvalue weighted by Crippen LogP contribution is 2.43. The molecule has 3 aromatic rings. The van der Waals surface area contributed by atoms with Gasteiger partial charge in [-0.05, 0) is 79.3 Å². The standard InChI is InChI=1S/C32H38F2N2O4S/c1-19-15-21(12-14-27(19)39-2)25-13-11-24(17-26(25)37)29(36-30(38)20-7-4-3-5-8-20)23-10-6-9-22(16-23)28-18-35-32(41-28)40-31(33)34/h6,9-10,12,14-16,18,20,24-26,29,31,37H,3-5,7-8,11,13,17H2,1-2H3,(H,36,38). The van der Waals surface area contributed by atoms with Crippen LogP contribution in [0.5, 0.6) is 10.9 Å². The topological polar surface area (TPSA) is 80.7 Å². The summed E-state index contributed by atoms with van der Waals surface area (Å²) in [6.07, 6.45) is 8.30. The summed E-state index contributed by atoms with van der Waals surface area (Å²) in [5.74, 6) is 0.975. The molecule has 0 radical (unpaired) electrons. The second kappa shape index (κ2) is 13.3. The summed E-state index contributed by atoms with van der Waals surface area (Å²) < 4.78 is 35.2. The van der Waals surface area contributed by atoms with E-state index in [1.54, 1.807) is 7.11 Å². The van der Waals surface area contributed by atoms with Crippen molar-refractivity contribution >= 4 is 17.2 Å². The Bertz CT molecular complexity index is 1330. The number of halogens is 2. The molecule has 0 aliphatic heterocycles. The number of amides is 1. The van der Waals surface area contributed by atoms with Gasteiger partial charge in [0.15, 0.2) is 0 Å². The number of carbonyl (C=O) groups is 1. The molecule has 2 N–H and O–H groups in total.